The maximum absolute atomic E-state index is 12.4. The highest BCUT2D eigenvalue weighted by Crippen LogP contribution is 2.28. The van der Waals surface area contributed by atoms with Crippen molar-refractivity contribution >= 4 is 11.7 Å². The third kappa shape index (κ3) is 5.76. The van der Waals surface area contributed by atoms with Crippen LogP contribution >= 0.6 is 0 Å². The molecule has 27 heavy (non-hydrogen) atoms. The lowest BCUT2D eigenvalue weighted by Gasteiger charge is -2.36. The van der Waals surface area contributed by atoms with Crippen LogP contribution in [0.4, 0.5) is 10.5 Å². The third-order valence-corrected chi connectivity index (χ3v) is 5.50. The molecule has 0 bridgehead atoms. The zero-order valence-electron chi connectivity index (χ0n) is 16.5. The number of carbonyl (C=O) groups excluding carboxylic acids is 1. The summed E-state index contributed by atoms with van der Waals surface area (Å²) >= 11 is 0. The average molecular weight is 376 g/mol. The van der Waals surface area contributed by atoms with Crippen molar-refractivity contribution in [2.75, 3.05) is 51.3 Å². The number of anilines is 1. The molecule has 6 heteroatoms. The minimum Gasteiger partial charge on any atom is -0.495 e. The fourth-order valence-electron chi connectivity index (χ4n) is 3.90. The van der Waals surface area contributed by atoms with E-state index in [1.54, 1.807) is 7.11 Å². The smallest absolute Gasteiger partial charge is 0.317 e. The van der Waals surface area contributed by atoms with Crippen molar-refractivity contribution in [1.29, 1.82) is 0 Å². The van der Waals surface area contributed by atoms with E-state index >= 15 is 0 Å². The van der Waals surface area contributed by atoms with Crippen LogP contribution in [0.5, 0.6) is 5.75 Å². The summed E-state index contributed by atoms with van der Waals surface area (Å²) in [6, 6.07) is 8.08. The SMILES string of the molecule is COc1ccccc1N1CCN(C(=O)NCCCOC2CCCCC2)CC1. The molecule has 1 aromatic carbocycles. The highest BCUT2D eigenvalue weighted by Gasteiger charge is 2.22. The molecule has 0 radical (unpaired) electrons. The Kier molecular flexibility index (Phi) is 7.63. The van der Waals surface area contributed by atoms with Crippen LogP contribution < -0.4 is 15.0 Å². The van der Waals surface area contributed by atoms with E-state index in [1.807, 2.05) is 23.1 Å². The monoisotopic (exact) mass is 375 g/mol. The summed E-state index contributed by atoms with van der Waals surface area (Å²) in [6.07, 6.45) is 7.65. The predicted octanol–water partition coefficient (Wildman–Crippen LogP) is 3.27. The largest absolute Gasteiger partial charge is 0.495 e. The van der Waals surface area contributed by atoms with Gasteiger partial charge in [0.1, 0.15) is 5.75 Å². The first-order chi connectivity index (χ1) is 13.3. The zero-order chi connectivity index (χ0) is 18.9. The van der Waals surface area contributed by atoms with E-state index in [-0.39, 0.29) is 6.03 Å². The van der Waals surface area contributed by atoms with E-state index in [0.717, 1.165) is 50.6 Å². The minimum absolute atomic E-state index is 0.0346. The van der Waals surface area contributed by atoms with Gasteiger partial charge in [-0.05, 0) is 31.4 Å². The lowest BCUT2D eigenvalue weighted by molar-refractivity contribution is 0.0274. The number of rotatable bonds is 7. The summed E-state index contributed by atoms with van der Waals surface area (Å²) in [6.45, 7) is 4.51. The number of benzene rings is 1. The summed E-state index contributed by atoms with van der Waals surface area (Å²) in [4.78, 5) is 16.5. The summed E-state index contributed by atoms with van der Waals surface area (Å²) in [5.74, 6) is 0.883. The van der Waals surface area contributed by atoms with Crippen LogP contribution in [0.3, 0.4) is 0 Å². The van der Waals surface area contributed by atoms with Crippen molar-refractivity contribution in [2.45, 2.75) is 44.6 Å². The van der Waals surface area contributed by atoms with Gasteiger partial charge >= 0.3 is 6.03 Å². The maximum Gasteiger partial charge on any atom is 0.317 e. The molecule has 0 atom stereocenters. The number of methoxy groups -OCH3 is 1. The number of hydrogen-bond acceptors (Lipinski definition) is 4. The predicted molar refractivity (Wildman–Crippen MR) is 108 cm³/mol. The number of piperazine rings is 1. The Balaban J connectivity index is 1.32. The van der Waals surface area contributed by atoms with E-state index in [0.29, 0.717) is 12.6 Å². The maximum atomic E-state index is 12.4. The molecule has 1 heterocycles. The van der Waals surface area contributed by atoms with Gasteiger partial charge in [-0.15, -0.1) is 0 Å². The molecule has 150 valence electrons. The van der Waals surface area contributed by atoms with Crippen LogP contribution in [0.1, 0.15) is 38.5 Å². The Bertz CT molecular complexity index is 582. The summed E-state index contributed by atoms with van der Waals surface area (Å²) in [5.41, 5.74) is 1.10. The van der Waals surface area contributed by atoms with Crippen molar-refractivity contribution in [2.24, 2.45) is 0 Å². The molecule has 1 saturated carbocycles. The topological polar surface area (TPSA) is 54.0 Å². The molecule has 1 aliphatic heterocycles. The molecule has 3 rings (SSSR count). The molecular formula is C21H33N3O3. The third-order valence-electron chi connectivity index (χ3n) is 5.50. The number of para-hydroxylation sites is 2. The van der Waals surface area contributed by atoms with Crippen LogP contribution in [0.2, 0.25) is 0 Å². The molecule has 0 aromatic heterocycles. The summed E-state index contributed by atoms with van der Waals surface area (Å²) < 4.78 is 11.4. The first-order valence-corrected chi connectivity index (χ1v) is 10.3. The van der Waals surface area contributed by atoms with Crippen LogP contribution in [0.15, 0.2) is 24.3 Å². The molecule has 0 unspecified atom stereocenters. The molecule has 2 fully saturated rings. The highest BCUT2D eigenvalue weighted by atomic mass is 16.5. The standard InChI is InChI=1S/C21H33N3O3/c1-26-20-11-6-5-10-19(20)23-13-15-24(16-14-23)21(25)22-12-7-17-27-18-8-3-2-4-9-18/h5-6,10-11,18H,2-4,7-9,12-17H2,1H3,(H,22,25). The van der Waals surface area contributed by atoms with E-state index in [4.69, 9.17) is 9.47 Å². The number of nitrogens with one attached hydrogen (secondary N) is 1. The summed E-state index contributed by atoms with van der Waals surface area (Å²) in [7, 11) is 1.69. The number of carbonyl (C=O) groups is 1. The van der Waals surface area contributed by atoms with Gasteiger partial charge in [0.2, 0.25) is 0 Å². The molecule has 1 N–H and O–H groups in total. The molecular weight excluding hydrogens is 342 g/mol. The average Bonchev–Trinajstić information content (AvgIpc) is 2.74. The van der Waals surface area contributed by atoms with Crippen LogP contribution in [-0.2, 0) is 4.74 Å². The number of urea groups is 1. The Hall–Kier alpha value is -1.95. The lowest BCUT2D eigenvalue weighted by Crippen LogP contribution is -2.52. The van der Waals surface area contributed by atoms with E-state index in [9.17, 15) is 4.79 Å². The van der Waals surface area contributed by atoms with Gasteiger partial charge in [0.05, 0.1) is 18.9 Å². The zero-order valence-corrected chi connectivity index (χ0v) is 16.5. The van der Waals surface area contributed by atoms with Gasteiger partial charge in [-0.2, -0.15) is 0 Å². The second-order valence-corrected chi connectivity index (χ2v) is 7.36. The molecule has 0 spiro atoms. The Labute approximate surface area is 162 Å². The van der Waals surface area contributed by atoms with Gasteiger partial charge in [-0.1, -0.05) is 31.4 Å². The number of hydrogen-bond donors (Lipinski definition) is 1. The van der Waals surface area contributed by atoms with Crippen LogP contribution in [0, 0.1) is 0 Å². The van der Waals surface area contributed by atoms with Gasteiger partial charge in [0.25, 0.3) is 0 Å². The van der Waals surface area contributed by atoms with Crippen molar-refractivity contribution in [3.05, 3.63) is 24.3 Å². The fourth-order valence-corrected chi connectivity index (χ4v) is 3.90. The molecule has 1 aromatic rings. The lowest BCUT2D eigenvalue weighted by atomic mass is 9.98. The van der Waals surface area contributed by atoms with Crippen molar-refractivity contribution in [3.8, 4) is 5.75 Å². The highest BCUT2D eigenvalue weighted by molar-refractivity contribution is 5.74. The van der Waals surface area contributed by atoms with Crippen LogP contribution in [-0.4, -0.2) is 63.5 Å². The van der Waals surface area contributed by atoms with Gasteiger partial charge in [-0.3, -0.25) is 0 Å². The summed E-state index contributed by atoms with van der Waals surface area (Å²) in [5, 5.41) is 3.03. The molecule has 6 nitrogen and oxygen atoms in total. The molecule has 2 amide bonds. The first kappa shape index (κ1) is 19.8. The second kappa shape index (κ2) is 10.4. The number of amides is 2. The Morgan fingerprint density at radius 1 is 1.11 bits per heavy atom. The van der Waals surface area contributed by atoms with Gasteiger partial charge in [-0.25, -0.2) is 4.79 Å². The van der Waals surface area contributed by atoms with Crippen LogP contribution in [0.25, 0.3) is 0 Å². The fraction of sp³-hybridized carbons (Fsp3) is 0.667. The first-order valence-electron chi connectivity index (χ1n) is 10.3. The Morgan fingerprint density at radius 2 is 1.85 bits per heavy atom. The quantitative estimate of drug-likeness (QED) is 0.743. The van der Waals surface area contributed by atoms with E-state index < -0.39 is 0 Å². The van der Waals surface area contributed by atoms with Gasteiger partial charge in [0, 0.05) is 39.3 Å². The van der Waals surface area contributed by atoms with E-state index in [2.05, 4.69) is 16.3 Å². The number of ether oxygens (including phenoxy) is 2. The van der Waals surface area contributed by atoms with Gasteiger partial charge < -0.3 is 24.6 Å². The van der Waals surface area contributed by atoms with Crippen molar-refractivity contribution in [1.82, 2.24) is 10.2 Å². The molecule has 2 aliphatic rings. The van der Waals surface area contributed by atoms with Gasteiger partial charge in [0.15, 0.2) is 0 Å². The molecule has 1 aliphatic carbocycles. The van der Waals surface area contributed by atoms with Crippen molar-refractivity contribution < 1.29 is 14.3 Å². The van der Waals surface area contributed by atoms with E-state index in [1.165, 1.54) is 32.1 Å². The minimum atomic E-state index is 0.0346. The normalized spacial score (nSPS) is 18.4. The Morgan fingerprint density at radius 3 is 2.59 bits per heavy atom. The van der Waals surface area contributed by atoms with Crippen molar-refractivity contribution in [3.63, 3.8) is 0 Å². The number of nitrogens with zero attached hydrogens (tertiary/aromatic N) is 2. The molecule has 1 saturated heterocycles. The second-order valence-electron chi connectivity index (χ2n) is 7.36.